The molecule has 1 nitrogen and oxygen atoms in total. The van der Waals surface area contributed by atoms with E-state index in [0.717, 1.165) is 18.0 Å². The van der Waals surface area contributed by atoms with Crippen molar-refractivity contribution >= 4 is 28.2 Å². The molecule has 0 saturated carbocycles. The predicted molar refractivity (Wildman–Crippen MR) is 107 cm³/mol. The van der Waals surface area contributed by atoms with E-state index in [1.807, 2.05) is 22.7 Å². The maximum atomic E-state index is 2.63. The summed E-state index contributed by atoms with van der Waals surface area (Å²) < 4.78 is 1.26. The summed E-state index contributed by atoms with van der Waals surface area (Å²) >= 11 is 3.66. The number of quaternary nitrogens is 1. The highest BCUT2D eigenvalue weighted by atomic mass is 79.9. The topological polar surface area (TPSA) is 0 Å². The first-order chi connectivity index (χ1) is 11.5. The average Bonchev–Trinajstić information content (AvgIpc) is 3.15. The Morgan fingerprint density at radius 2 is 1.40 bits per heavy atom. The second-order valence-electron chi connectivity index (χ2n) is 8.26. The highest BCUT2D eigenvalue weighted by molar-refractivity contribution is 7.08. The molecule has 2 aromatic rings. The summed E-state index contributed by atoms with van der Waals surface area (Å²) in [5, 5.41) is 9.26. The number of hydrogen-bond donors (Lipinski definition) is 0. The van der Waals surface area contributed by atoms with Gasteiger partial charge in [-0.2, -0.15) is 22.7 Å². The lowest BCUT2D eigenvalue weighted by Gasteiger charge is -2.44. The van der Waals surface area contributed by atoms with Crippen molar-refractivity contribution in [3.63, 3.8) is 0 Å². The summed E-state index contributed by atoms with van der Waals surface area (Å²) in [4.78, 5) is 0. The lowest BCUT2D eigenvalue weighted by molar-refractivity contribution is -0.931. The van der Waals surface area contributed by atoms with Crippen LogP contribution in [0.2, 0.25) is 0 Å². The van der Waals surface area contributed by atoms with Crippen molar-refractivity contribution in [2.24, 2.45) is 5.92 Å². The van der Waals surface area contributed by atoms with E-state index in [1.54, 1.807) is 0 Å². The third kappa shape index (κ3) is 3.43. The number of fused-ring (bicyclic) bond motifs is 2. The molecule has 2 saturated heterocycles. The van der Waals surface area contributed by atoms with Crippen molar-refractivity contribution in [1.82, 2.24) is 0 Å². The van der Waals surface area contributed by atoms with Gasteiger partial charge in [0.05, 0.1) is 26.2 Å². The molecule has 0 amide bonds. The first kappa shape index (κ1) is 19.3. The van der Waals surface area contributed by atoms with Crippen LogP contribution in [0.25, 0.3) is 5.57 Å². The Bertz CT molecular complexity index is 712. The van der Waals surface area contributed by atoms with Crippen LogP contribution in [0.1, 0.15) is 47.9 Å². The molecule has 0 spiro atoms. The van der Waals surface area contributed by atoms with Crippen LogP contribution in [0.4, 0.5) is 0 Å². The Balaban J connectivity index is 0.00000182. The third-order valence-electron chi connectivity index (χ3n) is 6.56. The van der Waals surface area contributed by atoms with Gasteiger partial charge in [0.15, 0.2) is 0 Å². The Labute approximate surface area is 170 Å². The molecule has 2 aromatic heterocycles. The van der Waals surface area contributed by atoms with Crippen LogP contribution in [0, 0.1) is 19.8 Å². The lowest BCUT2D eigenvalue weighted by Crippen LogP contribution is -3.00. The van der Waals surface area contributed by atoms with E-state index in [0.29, 0.717) is 0 Å². The van der Waals surface area contributed by atoms with Crippen molar-refractivity contribution in [2.75, 3.05) is 14.1 Å². The van der Waals surface area contributed by atoms with Crippen molar-refractivity contribution in [3.05, 3.63) is 49.9 Å². The molecule has 136 valence electrons. The van der Waals surface area contributed by atoms with Crippen LogP contribution in [0.5, 0.6) is 0 Å². The Hall–Kier alpha value is -0.420. The lowest BCUT2D eigenvalue weighted by atomic mass is 9.85. The fraction of sp³-hybridized carbons (Fsp3) is 0.524. The van der Waals surface area contributed by atoms with E-state index in [4.69, 9.17) is 0 Å². The van der Waals surface area contributed by atoms with Gasteiger partial charge in [-0.1, -0.05) is 6.08 Å². The molecule has 1 unspecified atom stereocenters. The van der Waals surface area contributed by atoms with Crippen LogP contribution in [-0.4, -0.2) is 30.7 Å². The highest BCUT2D eigenvalue weighted by Crippen LogP contribution is 2.44. The number of nitrogens with zero attached hydrogens (tertiary/aromatic N) is 1. The van der Waals surface area contributed by atoms with Crippen molar-refractivity contribution in [2.45, 2.75) is 51.6 Å². The number of allylic oxidation sites excluding steroid dienone is 1. The van der Waals surface area contributed by atoms with Gasteiger partial charge < -0.3 is 21.5 Å². The number of halogens is 1. The van der Waals surface area contributed by atoms with E-state index in [2.05, 4.69) is 55.5 Å². The normalized spacial score (nSPS) is 27.0. The number of thiophene rings is 2. The van der Waals surface area contributed by atoms with E-state index in [1.165, 1.54) is 58.0 Å². The van der Waals surface area contributed by atoms with Crippen LogP contribution >= 0.6 is 22.7 Å². The second-order valence-corrected chi connectivity index (χ2v) is 9.75. The van der Waals surface area contributed by atoms with Gasteiger partial charge in [0.25, 0.3) is 0 Å². The summed E-state index contributed by atoms with van der Waals surface area (Å²) in [6, 6.07) is 1.72. The van der Waals surface area contributed by atoms with Crippen LogP contribution < -0.4 is 17.0 Å². The van der Waals surface area contributed by atoms with E-state index >= 15 is 0 Å². The summed E-state index contributed by atoms with van der Waals surface area (Å²) in [7, 11) is 4.91. The third-order valence-corrected chi connectivity index (χ3v) is 8.28. The number of piperidine rings is 1. The number of hydrogen-bond acceptors (Lipinski definition) is 2. The van der Waals surface area contributed by atoms with Gasteiger partial charge in [-0.05, 0) is 69.1 Å². The minimum atomic E-state index is 0. The van der Waals surface area contributed by atoms with Gasteiger partial charge in [0.1, 0.15) is 0 Å². The van der Waals surface area contributed by atoms with Gasteiger partial charge in [0.2, 0.25) is 0 Å². The molecule has 0 N–H and O–H groups in total. The SMILES string of the molecule is Cc1cscc1C(=CC1C[C@H]2CC[C@@H](C1)[N+]2(C)C)c1cscc1C.[Br-]. The molecule has 2 aliphatic rings. The van der Waals surface area contributed by atoms with Crippen LogP contribution in [0.15, 0.2) is 27.6 Å². The number of rotatable bonds is 3. The Morgan fingerprint density at radius 1 is 0.920 bits per heavy atom. The standard InChI is InChI=1S/C21H28NS2.BrH/c1-14-10-23-12-20(14)19(21-13-24-11-15(21)2)9-16-7-17-5-6-18(8-16)22(17,3)4;/h9-13,16-18H,5-8H2,1-4H3;1H/q+1;/p-1/t16?,17-,18+;. The molecule has 0 aliphatic carbocycles. The quantitative estimate of drug-likeness (QED) is 0.647. The summed E-state index contributed by atoms with van der Waals surface area (Å²) in [6.45, 7) is 4.51. The van der Waals surface area contributed by atoms with Gasteiger partial charge in [-0.15, -0.1) is 0 Å². The van der Waals surface area contributed by atoms with Crippen molar-refractivity contribution in [1.29, 1.82) is 0 Å². The Kier molecular flexibility index (Phi) is 5.65. The molecular weight excluding hydrogens is 410 g/mol. The fourth-order valence-corrected chi connectivity index (χ4v) is 6.59. The molecular formula is C21H28BrNS2. The molecule has 2 fully saturated rings. The predicted octanol–water partition coefficient (Wildman–Crippen LogP) is 2.88. The molecule has 0 radical (unpaired) electrons. The molecule has 2 bridgehead atoms. The van der Waals surface area contributed by atoms with Crippen molar-refractivity contribution < 1.29 is 21.5 Å². The minimum Gasteiger partial charge on any atom is -1.00 e. The molecule has 4 rings (SSSR count). The maximum absolute atomic E-state index is 2.63. The zero-order chi connectivity index (χ0) is 16.9. The molecule has 4 heterocycles. The molecule has 25 heavy (non-hydrogen) atoms. The second kappa shape index (κ2) is 7.30. The average molecular weight is 439 g/mol. The summed E-state index contributed by atoms with van der Waals surface area (Å²) in [5.74, 6) is 0.738. The maximum Gasteiger partial charge on any atom is 0.0896 e. The van der Waals surface area contributed by atoms with Gasteiger partial charge >= 0.3 is 0 Å². The van der Waals surface area contributed by atoms with E-state index in [9.17, 15) is 0 Å². The minimum absolute atomic E-state index is 0. The van der Waals surface area contributed by atoms with E-state index in [-0.39, 0.29) is 17.0 Å². The van der Waals surface area contributed by atoms with Gasteiger partial charge in [-0.25, -0.2) is 0 Å². The smallest absolute Gasteiger partial charge is 0.0896 e. The molecule has 0 aromatic carbocycles. The Morgan fingerprint density at radius 3 is 1.80 bits per heavy atom. The summed E-state index contributed by atoms with van der Waals surface area (Å²) in [6.07, 6.45) is 8.20. The highest BCUT2D eigenvalue weighted by Gasteiger charge is 2.48. The first-order valence-corrected chi connectivity index (χ1v) is 11.0. The van der Waals surface area contributed by atoms with Crippen LogP contribution in [-0.2, 0) is 0 Å². The molecule has 3 atom stereocenters. The molecule has 2 aliphatic heterocycles. The fourth-order valence-electron chi connectivity index (χ4n) is 4.89. The van der Waals surface area contributed by atoms with E-state index < -0.39 is 0 Å². The zero-order valence-corrected chi connectivity index (χ0v) is 18.8. The number of aryl methyl sites for hydroxylation is 2. The van der Waals surface area contributed by atoms with Crippen LogP contribution in [0.3, 0.4) is 0 Å². The van der Waals surface area contributed by atoms with Gasteiger partial charge in [-0.3, -0.25) is 0 Å². The van der Waals surface area contributed by atoms with Crippen molar-refractivity contribution in [3.8, 4) is 0 Å². The first-order valence-electron chi connectivity index (χ1n) is 9.08. The monoisotopic (exact) mass is 437 g/mol. The summed E-state index contributed by atoms with van der Waals surface area (Å²) in [5.41, 5.74) is 7.24. The molecule has 4 heteroatoms. The van der Waals surface area contributed by atoms with Gasteiger partial charge in [0, 0.05) is 25.7 Å². The largest absolute Gasteiger partial charge is 1.00 e. The zero-order valence-electron chi connectivity index (χ0n) is 15.6.